The second kappa shape index (κ2) is 7.55. The molecule has 0 spiro atoms. The molecule has 0 saturated carbocycles. The normalized spacial score (nSPS) is 11.2. The first-order chi connectivity index (χ1) is 12.2. The summed E-state index contributed by atoms with van der Waals surface area (Å²) < 4.78 is 10.9. The van der Waals surface area contributed by atoms with Crippen LogP contribution in [-0.2, 0) is 0 Å². The van der Waals surface area contributed by atoms with Crippen molar-refractivity contribution in [3.8, 4) is 17.6 Å². The molecule has 3 nitrogen and oxygen atoms in total. The Bertz CT molecular complexity index is 967. The van der Waals surface area contributed by atoms with Crippen molar-refractivity contribution >= 4 is 22.4 Å². The van der Waals surface area contributed by atoms with Gasteiger partial charge in [0.2, 0.25) is 0 Å². The van der Waals surface area contributed by atoms with E-state index in [9.17, 15) is 5.26 Å². The lowest BCUT2D eigenvalue weighted by atomic mass is 10.00. The predicted molar refractivity (Wildman–Crippen MR) is 102 cm³/mol. The molecule has 0 atom stereocenters. The topological polar surface area (TPSA) is 42.2 Å². The molecule has 0 aliphatic rings. The number of nitrogens with zero attached hydrogens (tertiary/aromatic N) is 1. The highest BCUT2D eigenvalue weighted by Crippen LogP contribution is 2.30. The molecule has 0 radical (unpaired) electrons. The number of fused-ring (bicyclic) bond motifs is 1. The number of nitriles is 1. The van der Waals surface area contributed by atoms with E-state index >= 15 is 0 Å². The molecule has 0 N–H and O–H groups in total. The van der Waals surface area contributed by atoms with Gasteiger partial charge in [0.1, 0.15) is 0 Å². The minimum absolute atomic E-state index is 0.555. The van der Waals surface area contributed by atoms with Crippen molar-refractivity contribution in [3.05, 3.63) is 71.8 Å². The van der Waals surface area contributed by atoms with Crippen molar-refractivity contribution in [1.82, 2.24) is 0 Å². The smallest absolute Gasteiger partial charge is 0.161 e. The fourth-order valence-electron chi connectivity index (χ4n) is 2.76. The number of hydrogen-bond acceptors (Lipinski definition) is 3. The first-order valence-corrected chi connectivity index (χ1v) is 8.17. The average molecular weight is 329 g/mol. The summed E-state index contributed by atoms with van der Waals surface area (Å²) in [6.45, 7) is 2.48. The van der Waals surface area contributed by atoms with Gasteiger partial charge in [0.15, 0.2) is 11.5 Å². The Labute approximate surface area is 147 Å². The zero-order valence-corrected chi connectivity index (χ0v) is 14.3. The fraction of sp³-hybridized carbons (Fsp3) is 0.136. The molecule has 25 heavy (non-hydrogen) atoms. The molecule has 0 amide bonds. The third-order valence-electron chi connectivity index (χ3n) is 3.98. The van der Waals surface area contributed by atoms with Crippen LogP contribution < -0.4 is 9.47 Å². The van der Waals surface area contributed by atoms with Gasteiger partial charge < -0.3 is 9.47 Å². The lowest BCUT2D eigenvalue weighted by molar-refractivity contribution is 0.311. The summed E-state index contributed by atoms with van der Waals surface area (Å²) >= 11 is 0. The van der Waals surface area contributed by atoms with Gasteiger partial charge in [-0.3, -0.25) is 0 Å². The number of methoxy groups -OCH3 is 1. The van der Waals surface area contributed by atoms with Gasteiger partial charge in [-0.2, -0.15) is 5.26 Å². The van der Waals surface area contributed by atoms with Crippen molar-refractivity contribution in [2.45, 2.75) is 6.92 Å². The van der Waals surface area contributed by atoms with Crippen molar-refractivity contribution < 1.29 is 9.47 Å². The van der Waals surface area contributed by atoms with E-state index in [1.165, 1.54) is 0 Å². The molecule has 0 bridgehead atoms. The quantitative estimate of drug-likeness (QED) is 0.470. The number of ether oxygens (including phenoxy) is 2. The van der Waals surface area contributed by atoms with Gasteiger partial charge in [0, 0.05) is 0 Å². The Kier molecular flexibility index (Phi) is 5.01. The monoisotopic (exact) mass is 329 g/mol. The molecule has 3 aromatic carbocycles. The summed E-state index contributed by atoms with van der Waals surface area (Å²) in [6.07, 6.45) is 1.87. The molecule has 0 aromatic heterocycles. The average Bonchev–Trinajstić information content (AvgIpc) is 2.66. The summed E-state index contributed by atoms with van der Waals surface area (Å²) in [4.78, 5) is 0. The zero-order valence-electron chi connectivity index (χ0n) is 14.3. The molecule has 3 aromatic rings. The highest BCUT2D eigenvalue weighted by atomic mass is 16.5. The van der Waals surface area contributed by atoms with Crippen molar-refractivity contribution in [2.75, 3.05) is 13.7 Å². The Morgan fingerprint density at radius 2 is 1.80 bits per heavy atom. The second-order valence-corrected chi connectivity index (χ2v) is 5.58. The number of rotatable bonds is 5. The third kappa shape index (κ3) is 3.64. The maximum absolute atomic E-state index is 9.61. The van der Waals surface area contributed by atoms with Gasteiger partial charge in [0.25, 0.3) is 0 Å². The molecule has 0 aliphatic carbocycles. The SMILES string of the molecule is CCOc1cc(/C=C(/C#N)c2ccc3ccccc3c2)ccc1OC. The lowest BCUT2D eigenvalue weighted by Gasteiger charge is -2.10. The molecule has 0 heterocycles. The van der Waals surface area contributed by atoms with E-state index in [1.807, 2.05) is 61.5 Å². The second-order valence-electron chi connectivity index (χ2n) is 5.58. The van der Waals surface area contributed by atoms with Crippen LogP contribution in [0.25, 0.3) is 22.4 Å². The Hall–Kier alpha value is -3.25. The highest BCUT2D eigenvalue weighted by Gasteiger charge is 2.07. The lowest BCUT2D eigenvalue weighted by Crippen LogP contribution is -1.95. The van der Waals surface area contributed by atoms with Gasteiger partial charge >= 0.3 is 0 Å². The van der Waals surface area contributed by atoms with Crippen LogP contribution in [0, 0.1) is 11.3 Å². The molecule has 0 saturated heterocycles. The van der Waals surface area contributed by atoms with Crippen molar-refractivity contribution in [2.24, 2.45) is 0 Å². The van der Waals surface area contributed by atoms with E-state index in [0.717, 1.165) is 21.9 Å². The Balaban J connectivity index is 2.02. The maximum Gasteiger partial charge on any atom is 0.161 e. The van der Waals surface area contributed by atoms with Gasteiger partial charge in [-0.1, -0.05) is 42.5 Å². The van der Waals surface area contributed by atoms with Crippen LogP contribution in [-0.4, -0.2) is 13.7 Å². The Morgan fingerprint density at radius 3 is 2.52 bits per heavy atom. The minimum atomic E-state index is 0.555. The molecule has 3 heteroatoms. The van der Waals surface area contributed by atoms with E-state index < -0.39 is 0 Å². The van der Waals surface area contributed by atoms with Crippen LogP contribution in [0.5, 0.6) is 11.5 Å². The number of allylic oxidation sites excluding steroid dienone is 1. The van der Waals surface area contributed by atoms with Gasteiger partial charge in [-0.15, -0.1) is 0 Å². The van der Waals surface area contributed by atoms with E-state index in [-0.39, 0.29) is 0 Å². The van der Waals surface area contributed by atoms with E-state index in [2.05, 4.69) is 18.2 Å². The summed E-state index contributed by atoms with van der Waals surface area (Å²) in [5.74, 6) is 1.36. The third-order valence-corrected chi connectivity index (χ3v) is 3.98. The minimum Gasteiger partial charge on any atom is -0.493 e. The maximum atomic E-state index is 9.61. The van der Waals surface area contributed by atoms with Crippen LogP contribution in [0.3, 0.4) is 0 Å². The molecule has 0 aliphatic heterocycles. The number of benzene rings is 3. The predicted octanol–water partition coefficient (Wildman–Crippen LogP) is 5.31. The van der Waals surface area contributed by atoms with Gasteiger partial charge in [-0.05, 0) is 53.1 Å². The molecular formula is C22H19NO2. The van der Waals surface area contributed by atoms with Crippen LogP contribution in [0.1, 0.15) is 18.1 Å². The van der Waals surface area contributed by atoms with Crippen LogP contribution in [0.2, 0.25) is 0 Å². The summed E-state index contributed by atoms with van der Waals surface area (Å²) in [7, 11) is 1.61. The molecule has 0 unspecified atom stereocenters. The molecule has 0 fully saturated rings. The van der Waals surface area contributed by atoms with Crippen LogP contribution in [0.15, 0.2) is 60.7 Å². The Morgan fingerprint density at radius 1 is 1.00 bits per heavy atom. The molecule has 3 rings (SSSR count). The summed E-state index contributed by atoms with van der Waals surface area (Å²) in [5.41, 5.74) is 2.40. The molecule has 124 valence electrons. The van der Waals surface area contributed by atoms with Crippen LogP contribution >= 0.6 is 0 Å². The first kappa shape index (κ1) is 16.6. The standard InChI is InChI=1S/C22H19NO2/c1-3-25-22-13-16(8-11-21(22)24-2)12-20(15-23)19-10-9-17-6-4-5-7-18(17)14-19/h4-14H,3H2,1-2H3/b20-12-. The fourth-order valence-corrected chi connectivity index (χ4v) is 2.76. The summed E-state index contributed by atoms with van der Waals surface area (Å²) in [6, 6.07) is 22.1. The number of hydrogen-bond donors (Lipinski definition) is 0. The van der Waals surface area contributed by atoms with Crippen molar-refractivity contribution in [3.63, 3.8) is 0 Å². The van der Waals surface area contributed by atoms with E-state index in [1.54, 1.807) is 7.11 Å². The molecular weight excluding hydrogens is 310 g/mol. The zero-order chi connectivity index (χ0) is 17.6. The van der Waals surface area contributed by atoms with E-state index in [4.69, 9.17) is 9.47 Å². The van der Waals surface area contributed by atoms with Crippen molar-refractivity contribution in [1.29, 1.82) is 5.26 Å². The van der Waals surface area contributed by atoms with Crippen LogP contribution in [0.4, 0.5) is 0 Å². The highest BCUT2D eigenvalue weighted by molar-refractivity contribution is 5.94. The first-order valence-electron chi connectivity index (χ1n) is 8.17. The largest absolute Gasteiger partial charge is 0.493 e. The van der Waals surface area contributed by atoms with Gasteiger partial charge in [-0.25, -0.2) is 0 Å². The van der Waals surface area contributed by atoms with Gasteiger partial charge in [0.05, 0.1) is 25.4 Å². The summed E-state index contributed by atoms with van der Waals surface area (Å²) in [5, 5.41) is 11.9. The van der Waals surface area contributed by atoms with E-state index in [0.29, 0.717) is 23.7 Å².